The number of hydrogen-bond donors (Lipinski definition) is 3. The van der Waals surface area contributed by atoms with Gasteiger partial charge in [0.25, 0.3) is 0 Å². The van der Waals surface area contributed by atoms with E-state index in [2.05, 4.69) is 126 Å². The average Bonchev–Trinajstić information content (AvgIpc) is 4.76. The van der Waals surface area contributed by atoms with Crippen LogP contribution < -0.4 is 0 Å². The van der Waals surface area contributed by atoms with Crippen LogP contribution in [0.2, 0.25) is 0 Å². The van der Waals surface area contributed by atoms with Gasteiger partial charge in [0, 0.05) is 79.1 Å². The van der Waals surface area contributed by atoms with Gasteiger partial charge >= 0.3 is 0 Å². The Morgan fingerprint density at radius 1 is 0.323 bits per heavy atom. The third-order valence-corrected chi connectivity index (χ3v) is 10.3. The molecule has 0 aliphatic rings. The second-order valence-corrected chi connectivity index (χ2v) is 17.8. The van der Waals surface area contributed by atoms with Gasteiger partial charge in [-0.25, -0.2) is 9.97 Å². The Balaban J connectivity index is -0.000000107. The van der Waals surface area contributed by atoms with Crippen LogP contribution in [-0.4, -0.2) is 122 Å². The van der Waals surface area contributed by atoms with Gasteiger partial charge in [0.05, 0.1) is 88.6 Å². The molecule has 12 rings (SSSR count). The predicted molar refractivity (Wildman–Crippen MR) is 422 cm³/mol. The fourth-order valence-corrected chi connectivity index (χ4v) is 5.29. The van der Waals surface area contributed by atoms with Crippen molar-refractivity contribution in [3.8, 4) is 0 Å². The highest BCUT2D eigenvalue weighted by molar-refractivity contribution is 7.09. The lowest BCUT2D eigenvalue weighted by Gasteiger charge is -1.82. The molecule has 0 amide bonds. The minimum atomic E-state index is 0.926. The summed E-state index contributed by atoms with van der Waals surface area (Å²) in [6.07, 6.45) is 25.7. The van der Waals surface area contributed by atoms with Crippen LogP contribution in [-0.2, 0) is 14.1 Å². The van der Waals surface area contributed by atoms with Crippen LogP contribution >= 0.6 is 22.7 Å². The smallest absolute Gasteiger partial charge is 0.0797 e. The topological polar surface area (TPSA) is 302 Å². The van der Waals surface area contributed by atoms with E-state index in [1.165, 1.54) is 25.7 Å². The third kappa shape index (κ3) is 90.7. The van der Waals surface area contributed by atoms with Crippen molar-refractivity contribution in [3.63, 3.8) is 0 Å². The van der Waals surface area contributed by atoms with E-state index >= 15 is 0 Å². The molecule has 26 heteroatoms. The highest BCUT2D eigenvalue weighted by Gasteiger charge is 1.90. The molecule has 99 heavy (non-hydrogen) atoms. The minimum Gasteiger partial charge on any atom is -0.265 e. The van der Waals surface area contributed by atoms with Gasteiger partial charge in [-0.15, -0.1) is 27.8 Å². The number of aryl methyl sites for hydroxylation is 14. The van der Waals surface area contributed by atoms with Crippen LogP contribution in [0.1, 0.15) is 205 Å². The molecule has 0 aromatic carbocycles. The summed E-state index contributed by atoms with van der Waals surface area (Å²) in [5.74, 6) is 0. The van der Waals surface area contributed by atoms with E-state index in [0.717, 1.165) is 45.4 Å². The molecule has 0 saturated carbocycles. The number of rotatable bonds is 0. The fraction of sp³-hybridized carbons (Fsp3) is 0.466. The van der Waals surface area contributed by atoms with Gasteiger partial charge in [-0.2, -0.15) is 81.6 Å². The first-order chi connectivity index (χ1) is 48.0. The Bertz CT molecular complexity index is 2600. The van der Waals surface area contributed by atoms with E-state index in [1.807, 2.05) is 293 Å². The van der Waals surface area contributed by atoms with Crippen LogP contribution in [0, 0.1) is 83.1 Å². The summed E-state index contributed by atoms with van der Waals surface area (Å²) in [4.78, 5) is 23.9. The maximum absolute atomic E-state index is 4.03. The monoisotopic (exact) mass is 1410 g/mol. The number of aromatic amines is 3. The Hall–Kier alpha value is -9.43. The molecule has 12 aromatic heterocycles. The quantitative estimate of drug-likeness (QED) is 0.127. The van der Waals surface area contributed by atoms with Crippen molar-refractivity contribution in [1.29, 1.82) is 0 Å². The molecule has 0 spiro atoms. The molecule has 12 aromatic rings. The number of hydrogen-bond acceptors (Lipinski definition) is 21. The normalized spacial score (nSPS) is 7.70. The summed E-state index contributed by atoms with van der Waals surface area (Å²) in [6, 6.07) is 19.4. The third-order valence-electron chi connectivity index (χ3n) is 8.56. The van der Waals surface area contributed by atoms with Gasteiger partial charge in [0.2, 0.25) is 0 Å². The van der Waals surface area contributed by atoms with E-state index in [1.54, 1.807) is 121 Å². The molecule has 0 aliphatic carbocycles. The summed E-state index contributed by atoms with van der Waals surface area (Å²) >= 11 is 3.39. The molecular formula is C73H132N24S2. The number of nitrogens with zero attached hydrogens (tertiary/aromatic N) is 21. The number of thiazole rings is 2. The van der Waals surface area contributed by atoms with Gasteiger partial charge < -0.3 is 0 Å². The van der Waals surface area contributed by atoms with Gasteiger partial charge in [-0.05, 0) is 148 Å². The second-order valence-electron chi connectivity index (χ2n) is 15.7. The maximum atomic E-state index is 4.03. The zero-order chi connectivity index (χ0) is 78.1. The molecule has 24 nitrogen and oxygen atoms in total. The molecule has 0 fully saturated rings. The lowest BCUT2D eigenvalue weighted by molar-refractivity contribution is 0.654. The van der Waals surface area contributed by atoms with Crippen molar-refractivity contribution >= 4 is 22.7 Å². The van der Waals surface area contributed by atoms with Gasteiger partial charge in [-0.1, -0.05) is 156 Å². The summed E-state index contributed by atoms with van der Waals surface area (Å²) in [5.41, 5.74) is 14.5. The molecule has 0 bridgehead atoms. The number of aromatic nitrogens is 24. The Kier molecular flexibility index (Phi) is 109. The summed E-state index contributed by atoms with van der Waals surface area (Å²) in [7, 11) is 3.60. The van der Waals surface area contributed by atoms with E-state index in [0.29, 0.717) is 0 Å². The van der Waals surface area contributed by atoms with Crippen molar-refractivity contribution < 1.29 is 0 Å². The molecular weight excluding hydrogens is 1280 g/mol. The molecule has 0 radical (unpaired) electrons. The Morgan fingerprint density at radius 3 is 0.889 bits per heavy atom. The van der Waals surface area contributed by atoms with E-state index in [9.17, 15) is 0 Å². The maximum Gasteiger partial charge on any atom is 0.0797 e. The van der Waals surface area contributed by atoms with Crippen molar-refractivity contribution in [2.45, 2.75) is 222 Å². The molecule has 12 heterocycles. The fourth-order valence-electron chi connectivity index (χ4n) is 4.11. The predicted octanol–water partition coefficient (Wildman–Crippen LogP) is 19.5. The van der Waals surface area contributed by atoms with Crippen molar-refractivity contribution in [2.24, 2.45) is 14.1 Å². The SMILES string of the molecule is CC.CC.CC.CC.CC.CC.CC.CC.CC.CC.Cc1ccccn1.Cc1cccnc1.Cc1cccnn1.Cc1ccncc1.Cc1ccnnc1.Cc1cn[nH]n1.Cc1cn[nH]n1.Cc1cn[nH]n1.Cc1ncsc1C.Cc1ncsc1C.Cn1ccnn1.Cn1nccn1. The first-order valence-corrected chi connectivity index (χ1v) is 35.7. The van der Waals surface area contributed by atoms with Gasteiger partial charge in [0.1, 0.15) is 0 Å². The van der Waals surface area contributed by atoms with Crippen molar-refractivity contribution in [2.75, 3.05) is 0 Å². The highest BCUT2D eigenvalue weighted by atomic mass is 32.1. The van der Waals surface area contributed by atoms with Gasteiger partial charge in [0.15, 0.2) is 0 Å². The Labute approximate surface area is 607 Å². The van der Waals surface area contributed by atoms with Crippen LogP contribution in [0.25, 0.3) is 0 Å². The minimum absolute atomic E-state index is 0.926. The van der Waals surface area contributed by atoms with E-state index in [4.69, 9.17) is 0 Å². The zero-order valence-electron chi connectivity index (χ0n) is 67.3. The highest BCUT2D eigenvalue weighted by Crippen LogP contribution is 2.08. The summed E-state index contributed by atoms with van der Waals surface area (Å²) in [5, 5.41) is 58.2. The molecule has 556 valence electrons. The first kappa shape index (κ1) is 111. The first-order valence-electron chi connectivity index (χ1n) is 33.9. The largest absolute Gasteiger partial charge is 0.265 e. The van der Waals surface area contributed by atoms with Crippen LogP contribution in [0.5, 0.6) is 0 Å². The van der Waals surface area contributed by atoms with Gasteiger partial charge in [-0.3, -0.25) is 19.6 Å². The summed E-state index contributed by atoms with van der Waals surface area (Å²) in [6.45, 7) is 63.8. The lowest BCUT2D eigenvalue weighted by atomic mass is 10.3. The lowest BCUT2D eigenvalue weighted by Crippen LogP contribution is -1.89. The zero-order valence-corrected chi connectivity index (χ0v) is 68.9. The van der Waals surface area contributed by atoms with E-state index < -0.39 is 0 Å². The number of pyridine rings is 3. The molecule has 0 saturated heterocycles. The van der Waals surface area contributed by atoms with E-state index in [-0.39, 0.29) is 0 Å². The van der Waals surface area contributed by atoms with Crippen molar-refractivity contribution in [3.05, 3.63) is 231 Å². The number of H-pyrrole nitrogens is 3. The van der Waals surface area contributed by atoms with Crippen LogP contribution in [0.4, 0.5) is 0 Å². The average molecular weight is 1410 g/mol. The molecule has 0 aliphatic heterocycles. The summed E-state index contributed by atoms with van der Waals surface area (Å²) < 4.78 is 1.64. The molecule has 3 N–H and O–H groups in total. The van der Waals surface area contributed by atoms with Crippen LogP contribution in [0.15, 0.2) is 165 Å². The molecule has 0 unspecified atom stereocenters. The standard InChI is InChI=1S/3C6H7N.2C5H6N2.2C5H7NS.5C3H5N3.10C2H6/c1-6-2-4-7-5-3-6;1-6-3-2-4-7-5-6;1-6-4-2-3-5-7-6;1-5-2-3-6-7-4-5;1-5-3-2-4-6-7-5;2*1-4-5(2)7-3-6-4;1-6-3-2-4-5-6;1-6-4-2-3-5-6;3*1-3-2-4-6-5-3;10*1-2/h3*2-5H,1H3;2*2-4H,1H3;2*3H,1-2H3;2*2-3H,1H3;3*2H,1H3,(H,4,5,6);10*1-2H3. The molecule has 0 atom stereocenters. The second kappa shape index (κ2) is 97.3. The Morgan fingerprint density at radius 2 is 0.747 bits per heavy atom. The van der Waals surface area contributed by atoms with Crippen LogP contribution in [0.3, 0.4) is 0 Å². The van der Waals surface area contributed by atoms with Crippen molar-refractivity contribution in [1.82, 2.24) is 122 Å². The number of nitrogens with one attached hydrogen (secondary N) is 3.